The second-order valence-electron chi connectivity index (χ2n) is 6.36. The van der Waals surface area contributed by atoms with E-state index in [-0.39, 0.29) is 24.2 Å². The lowest BCUT2D eigenvalue weighted by Gasteiger charge is -2.18. The van der Waals surface area contributed by atoms with E-state index in [1.807, 2.05) is 48.0 Å². The van der Waals surface area contributed by atoms with Crippen LogP contribution in [0.5, 0.6) is 0 Å². The van der Waals surface area contributed by atoms with Crippen LogP contribution in [0.25, 0.3) is 5.57 Å². The van der Waals surface area contributed by atoms with E-state index in [1.54, 1.807) is 12.5 Å². The van der Waals surface area contributed by atoms with Crippen LogP contribution in [-0.4, -0.2) is 27.3 Å². The summed E-state index contributed by atoms with van der Waals surface area (Å²) in [5, 5.41) is 3.05. The minimum Gasteiger partial charge on any atom is -0.351 e. The predicted molar refractivity (Wildman–Crippen MR) is 96.7 cm³/mol. The van der Waals surface area contributed by atoms with Crippen molar-refractivity contribution in [2.75, 3.05) is 0 Å². The molecule has 0 fully saturated rings. The Balaban J connectivity index is 1.69. The van der Waals surface area contributed by atoms with Gasteiger partial charge in [-0.25, -0.2) is 4.98 Å². The highest BCUT2D eigenvalue weighted by Gasteiger charge is 2.26. The first kappa shape index (κ1) is 17.1. The average molecular weight is 337 g/mol. The molecule has 0 bridgehead atoms. The van der Waals surface area contributed by atoms with E-state index < -0.39 is 0 Å². The van der Waals surface area contributed by atoms with Crippen LogP contribution in [0.2, 0.25) is 0 Å². The van der Waals surface area contributed by atoms with Crippen molar-refractivity contribution in [1.82, 2.24) is 14.9 Å². The van der Waals surface area contributed by atoms with Crippen molar-refractivity contribution >= 4 is 17.3 Å². The topological polar surface area (TPSA) is 64.0 Å². The number of aromatic nitrogens is 2. The zero-order valence-corrected chi connectivity index (χ0v) is 14.4. The first-order chi connectivity index (χ1) is 12.2. The van der Waals surface area contributed by atoms with E-state index in [4.69, 9.17) is 0 Å². The predicted octanol–water partition coefficient (Wildman–Crippen LogP) is 2.98. The standard InChI is InChI=1S/C20H23N3O2/c1-2-16(13-23-11-10-21-14-23)22-20(25)12-18-17(8-9-19(18)24)15-6-4-3-5-7-15/h3-7,10-11,14,16H,2,8-9,12-13H2,1H3,(H,22,25)/t16-/m1/s1. The molecule has 0 aliphatic heterocycles. The van der Waals surface area contributed by atoms with Gasteiger partial charge in [-0.05, 0) is 24.0 Å². The Morgan fingerprint density at radius 1 is 1.28 bits per heavy atom. The highest BCUT2D eigenvalue weighted by atomic mass is 16.2. The molecule has 25 heavy (non-hydrogen) atoms. The molecule has 1 amide bonds. The summed E-state index contributed by atoms with van der Waals surface area (Å²) in [5.74, 6) is 0.00214. The number of benzene rings is 1. The third-order valence-corrected chi connectivity index (χ3v) is 4.61. The van der Waals surface area contributed by atoms with Crippen LogP contribution in [0.4, 0.5) is 0 Å². The van der Waals surface area contributed by atoms with Gasteiger partial charge in [0.25, 0.3) is 0 Å². The zero-order valence-electron chi connectivity index (χ0n) is 14.4. The fourth-order valence-electron chi connectivity index (χ4n) is 3.24. The number of hydrogen-bond donors (Lipinski definition) is 1. The lowest BCUT2D eigenvalue weighted by molar-refractivity contribution is -0.123. The van der Waals surface area contributed by atoms with Gasteiger partial charge in [-0.1, -0.05) is 37.3 Å². The van der Waals surface area contributed by atoms with Gasteiger partial charge in [0.05, 0.1) is 12.7 Å². The lowest BCUT2D eigenvalue weighted by atomic mass is 10.00. The van der Waals surface area contributed by atoms with Crippen molar-refractivity contribution in [2.45, 2.75) is 45.2 Å². The van der Waals surface area contributed by atoms with Crippen LogP contribution < -0.4 is 5.32 Å². The molecular formula is C20H23N3O2. The third kappa shape index (κ3) is 4.24. The molecule has 130 valence electrons. The zero-order chi connectivity index (χ0) is 17.6. The minimum atomic E-state index is -0.0920. The number of carbonyl (C=O) groups is 2. The molecule has 1 atom stereocenters. The molecule has 5 heteroatoms. The van der Waals surface area contributed by atoms with E-state index in [2.05, 4.69) is 10.3 Å². The molecule has 0 saturated carbocycles. The number of nitrogens with one attached hydrogen (secondary N) is 1. The average Bonchev–Trinajstić information content (AvgIpc) is 3.26. The van der Waals surface area contributed by atoms with E-state index >= 15 is 0 Å². The molecule has 1 N–H and O–H groups in total. The normalized spacial score (nSPS) is 15.5. The Kier molecular flexibility index (Phi) is 5.43. The minimum absolute atomic E-state index is 0.0268. The van der Waals surface area contributed by atoms with E-state index in [9.17, 15) is 9.59 Å². The summed E-state index contributed by atoms with van der Waals surface area (Å²) < 4.78 is 1.95. The second-order valence-corrected chi connectivity index (χ2v) is 6.36. The van der Waals surface area contributed by atoms with E-state index in [0.717, 1.165) is 24.0 Å². The van der Waals surface area contributed by atoms with Crippen LogP contribution in [0.3, 0.4) is 0 Å². The van der Waals surface area contributed by atoms with Crippen LogP contribution in [0, 0.1) is 0 Å². The number of nitrogens with zero attached hydrogens (tertiary/aromatic N) is 2. The summed E-state index contributed by atoms with van der Waals surface area (Å²) in [6.45, 7) is 2.72. The summed E-state index contributed by atoms with van der Waals surface area (Å²) in [6, 6.07) is 9.90. The van der Waals surface area contributed by atoms with Crippen LogP contribution in [0.1, 0.15) is 38.2 Å². The van der Waals surface area contributed by atoms with Gasteiger partial charge in [-0.3, -0.25) is 9.59 Å². The number of rotatable bonds is 7. The second kappa shape index (κ2) is 7.92. The number of imidazole rings is 1. The first-order valence-corrected chi connectivity index (χ1v) is 8.73. The number of ketones is 1. The maximum absolute atomic E-state index is 12.5. The molecular weight excluding hydrogens is 314 g/mol. The Morgan fingerprint density at radius 3 is 2.76 bits per heavy atom. The molecule has 1 aromatic carbocycles. The Hall–Kier alpha value is -2.69. The van der Waals surface area contributed by atoms with Gasteiger partial charge in [0.1, 0.15) is 0 Å². The van der Waals surface area contributed by atoms with Gasteiger partial charge in [0.15, 0.2) is 5.78 Å². The summed E-state index contributed by atoms with van der Waals surface area (Å²) in [4.78, 5) is 28.8. The van der Waals surface area contributed by atoms with Gasteiger partial charge >= 0.3 is 0 Å². The summed E-state index contributed by atoms with van der Waals surface area (Å²) >= 11 is 0. The largest absolute Gasteiger partial charge is 0.351 e. The van der Waals surface area contributed by atoms with Gasteiger partial charge in [0, 0.05) is 37.0 Å². The SMILES string of the molecule is CC[C@H](Cn1ccnc1)NC(=O)CC1=C(c2ccccc2)CCC1=O. The Labute approximate surface area is 147 Å². The molecule has 1 heterocycles. The third-order valence-electron chi connectivity index (χ3n) is 4.61. The van der Waals surface area contributed by atoms with Gasteiger partial charge in [-0.15, -0.1) is 0 Å². The van der Waals surface area contributed by atoms with Gasteiger partial charge in [0.2, 0.25) is 5.91 Å². The summed E-state index contributed by atoms with van der Waals surface area (Å²) in [7, 11) is 0. The molecule has 0 spiro atoms. The number of allylic oxidation sites excluding steroid dienone is 1. The lowest BCUT2D eigenvalue weighted by Crippen LogP contribution is -2.37. The van der Waals surface area contributed by atoms with Crippen molar-refractivity contribution in [1.29, 1.82) is 0 Å². The van der Waals surface area contributed by atoms with Crippen molar-refractivity contribution < 1.29 is 9.59 Å². The maximum atomic E-state index is 12.5. The highest BCUT2D eigenvalue weighted by Crippen LogP contribution is 2.33. The number of Topliss-reactive ketones (excluding diaryl/α,β-unsaturated/α-hetero) is 1. The number of amides is 1. The maximum Gasteiger partial charge on any atom is 0.224 e. The first-order valence-electron chi connectivity index (χ1n) is 8.73. The van der Waals surface area contributed by atoms with E-state index in [0.29, 0.717) is 18.5 Å². The molecule has 1 aliphatic rings. The van der Waals surface area contributed by atoms with E-state index in [1.165, 1.54) is 0 Å². The van der Waals surface area contributed by atoms with Crippen molar-refractivity contribution in [3.63, 3.8) is 0 Å². The number of carbonyl (C=O) groups excluding carboxylic acids is 2. The van der Waals surface area contributed by atoms with Gasteiger partial charge in [-0.2, -0.15) is 0 Å². The fraction of sp³-hybridized carbons (Fsp3) is 0.350. The Morgan fingerprint density at radius 2 is 2.08 bits per heavy atom. The Bertz CT molecular complexity index is 764. The van der Waals surface area contributed by atoms with Crippen LogP contribution in [-0.2, 0) is 16.1 Å². The van der Waals surface area contributed by atoms with Crippen LogP contribution >= 0.6 is 0 Å². The molecule has 2 aromatic rings. The molecule has 1 aromatic heterocycles. The van der Waals surface area contributed by atoms with Crippen molar-refractivity contribution in [3.8, 4) is 0 Å². The molecule has 1 aliphatic carbocycles. The highest BCUT2D eigenvalue weighted by molar-refractivity contribution is 6.10. The van der Waals surface area contributed by atoms with Crippen LogP contribution in [0.15, 0.2) is 54.6 Å². The fourth-order valence-corrected chi connectivity index (χ4v) is 3.24. The smallest absolute Gasteiger partial charge is 0.224 e. The van der Waals surface area contributed by atoms with Gasteiger partial charge < -0.3 is 9.88 Å². The quantitative estimate of drug-likeness (QED) is 0.845. The molecule has 5 nitrogen and oxygen atoms in total. The summed E-state index contributed by atoms with van der Waals surface area (Å²) in [6.07, 6.45) is 7.54. The molecule has 0 unspecified atom stereocenters. The molecule has 0 radical (unpaired) electrons. The summed E-state index contributed by atoms with van der Waals surface area (Å²) in [5.41, 5.74) is 2.73. The van der Waals surface area contributed by atoms with Crippen molar-refractivity contribution in [2.24, 2.45) is 0 Å². The molecule has 3 rings (SSSR count). The van der Waals surface area contributed by atoms with Crippen molar-refractivity contribution in [3.05, 3.63) is 60.2 Å². The molecule has 0 saturated heterocycles. The monoisotopic (exact) mass is 337 g/mol. The number of hydrogen-bond acceptors (Lipinski definition) is 3.